The fourth-order valence-electron chi connectivity index (χ4n) is 2.07. The van der Waals surface area contributed by atoms with E-state index in [0.29, 0.717) is 21.9 Å². The number of hydrogen-bond donors (Lipinski definition) is 3. The first-order chi connectivity index (χ1) is 12.9. The van der Waals surface area contributed by atoms with Crippen molar-refractivity contribution in [1.82, 2.24) is 10.7 Å². The number of phenols is 1. The molecule has 0 saturated heterocycles. The topological polar surface area (TPSA) is 100 Å². The third kappa shape index (κ3) is 5.87. The highest BCUT2D eigenvalue weighted by molar-refractivity contribution is 6.42. The first kappa shape index (κ1) is 20.5. The number of benzene rings is 2. The Morgan fingerprint density at radius 2 is 2.00 bits per heavy atom. The molecule has 0 heterocycles. The van der Waals surface area contributed by atoms with Crippen LogP contribution in [0.2, 0.25) is 10.0 Å². The summed E-state index contributed by atoms with van der Waals surface area (Å²) in [4.78, 5) is 23.7. The minimum absolute atomic E-state index is 0.0223. The lowest BCUT2D eigenvalue weighted by molar-refractivity contribution is -0.120. The maximum absolute atomic E-state index is 12.0. The molecule has 0 bridgehead atoms. The standard InChI is InChI=1S/C18H17Cl2N3O4/c1-27-15-4-2-3-12(17(15)25)10-22-23-16(24)7-8-21-18(26)11-5-6-13(19)14(20)9-11/h2-6,9-10,25H,7-8H2,1H3,(H,21,26)(H,23,24). The number of ether oxygens (including phenoxy) is 1. The van der Waals surface area contributed by atoms with E-state index in [0.717, 1.165) is 0 Å². The predicted molar refractivity (Wildman–Crippen MR) is 104 cm³/mol. The Morgan fingerprint density at radius 3 is 2.70 bits per heavy atom. The number of carbonyl (C=O) groups excluding carboxylic acids is 2. The van der Waals surface area contributed by atoms with Gasteiger partial charge in [0.25, 0.3) is 5.91 Å². The first-order valence-electron chi connectivity index (χ1n) is 7.83. The number of carbonyl (C=O) groups is 2. The maximum atomic E-state index is 12.0. The average molecular weight is 410 g/mol. The zero-order chi connectivity index (χ0) is 19.8. The zero-order valence-electron chi connectivity index (χ0n) is 14.3. The van der Waals surface area contributed by atoms with Crippen molar-refractivity contribution < 1.29 is 19.4 Å². The highest BCUT2D eigenvalue weighted by Crippen LogP contribution is 2.27. The maximum Gasteiger partial charge on any atom is 0.251 e. The van der Waals surface area contributed by atoms with Gasteiger partial charge in [-0.2, -0.15) is 5.10 Å². The summed E-state index contributed by atoms with van der Waals surface area (Å²) in [6.45, 7) is 0.116. The SMILES string of the molecule is COc1cccc(C=NNC(=O)CCNC(=O)c2ccc(Cl)c(Cl)c2)c1O. The smallest absolute Gasteiger partial charge is 0.251 e. The van der Waals surface area contributed by atoms with E-state index in [9.17, 15) is 14.7 Å². The van der Waals surface area contributed by atoms with Gasteiger partial charge in [-0.15, -0.1) is 0 Å². The number of methoxy groups -OCH3 is 1. The summed E-state index contributed by atoms with van der Waals surface area (Å²) in [5.74, 6) is -0.545. The molecule has 0 unspecified atom stereocenters. The van der Waals surface area contributed by atoms with Gasteiger partial charge in [0, 0.05) is 24.1 Å². The molecule has 0 fully saturated rings. The molecular formula is C18H17Cl2N3O4. The van der Waals surface area contributed by atoms with Gasteiger partial charge in [-0.05, 0) is 30.3 Å². The molecule has 2 aromatic rings. The molecule has 3 N–H and O–H groups in total. The number of aromatic hydroxyl groups is 1. The van der Waals surface area contributed by atoms with Crippen molar-refractivity contribution in [3.8, 4) is 11.5 Å². The summed E-state index contributed by atoms with van der Waals surface area (Å²) in [6.07, 6.45) is 1.32. The quantitative estimate of drug-likeness (QED) is 0.483. The van der Waals surface area contributed by atoms with Crippen molar-refractivity contribution in [3.63, 3.8) is 0 Å². The molecule has 2 aromatic carbocycles. The minimum atomic E-state index is -0.400. The van der Waals surface area contributed by atoms with Gasteiger partial charge >= 0.3 is 0 Å². The van der Waals surface area contributed by atoms with Crippen LogP contribution in [0, 0.1) is 0 Å². The van der Waals surface area contributed by atoms with Crippen LogP contribution in [-0.2, 0) is 4.79 Å². The number of para-hydroxylation sites is 1. The van der Waals surface area contributed by atoms with Crippen molar-refractivity contribution in [2.45, 2.75) is 6.42 Å². The van der Waals surface area contributed by atoms with Crippen LogP contribution >= 0.6 is 23.2 Å². The number of nitrogens with zero attached hydrogens (tertiary/aromatic N) is 1. The molecule has 2 amide bonds. The van der Waals surface area contributed by atoms with E-state index in [4.69, 9.17) is 27.9 Å². The minimum Gasteiger partial charge on any atom is -0.504 e. The van der Waals surface area contributed by atoms with E-state index >= 15 is 0 Å². The second-order valence-electron chi connectivity index (χ2n) is 5.33. The zero-order valence-corrected chi connectivity index (χ0v) is 15.8. The second kappa shape index (κ2) is 9.80. The van der Waals surface area contributed by atoms with Crippen LogP contribution in [0.15, 0.2) is 41.5 Å². The van der Waals surface area contributed by atoms with E-state index in [1.54, 1.807) is 18.2 Å². The predicted octanol–water partition coefficient (Wildman–Crippen LogP) is 2.98. The average Bonchev–Trinajstić information content (AvgIpc) is 2.65. The molecule has 0 aliphatic carbocycles. The van der Waals surface area contributed by atoms with Crippen LogP contribution in [0.4, 0.5) is 0 Å². The van der Waals surface area contributed by atoms with Crippen molar-refractivity contribution >= 4 is 41.2 Å². The number of nitrogens with one attached hydrogen (secondary N) is 2. The number of halogens is 2. The number of phenolic OH excluding ortho intramolecular Hbond substituents is 1. The van der Waals surface area contributed by atoms with Crippen LogP contribution in [0.5, 0.6) is 11.5 Å². The largest absolute Gasteiger partial charge is 0.504 e. The fourth-order valence-corrected chi connectivity index (χ4v) is 2.36. The summed E-state index contributed by atoms with van der Waals surface area (Å²) in [6, 6.07) is 9.40. The summed E-state index contributed by atoms with van der Waals surface area (Å²) < 4.78 is 4.98. The normalized spacial score (nSPS) is 10.6. The van der Waals surface area contributed by atoms with Gasteiger partial charge in [-0.25, -0.2) is 5.43 Å². The van der Waals surface area contributed by atoms with Gasteiger partial charge in [0.2, 0.25) is 5.91 Å². The van der Waals surface area contributed by atoms with Crippen molar-refractivity contribution in [2.24, 2.45) is 5.10 Å². The van der Waals surface area contributed by atoms with E-state index in [1.807, 2.05) is 0 Å². The number of hydrazone groups is 1. The molecule has 0 radical (unpaired) electrons. The van der Waals surface area contributed by atoms with E-state index < -0.39 is 5.91 Å². The van der Waals surface area contributed by atoms with Crippen molar-refractivity contribution in [1.29, 1.82) is 0 Å². The molecule has 0 aliphatic heterocycles. The van der Waals surface area contributed by atoms with Gasteiger partial charge in [-0.1, -0.05) is 29.3 Å². The van der Waals surface area contributed by atoms with Crippen LogP contribution in [0.3, 0.4) is 0 Å². The molecule has 0 atom stereocenters. The first-order valence-corrected chi connectivity index (χ1v) is 8.59. The molecule has 9 heteroatoms. The lowest BCUT2D eigenvalue weighted by Gasteiger charge is -2.06. The fraction of sp³-hybridized carbons (Fsp3) is 0.167. The molecule has 2 rings (SSSR count). The Labute approximate surface area is 165 Å². The van der Waals surface area contributed by atoms with Crippen LogP contribution in [-0.4, -0.2) is 36.8 Å². The Bertz CT molecular complexity index is 872. The number of amides is 2. The molecule has 0 saturated carbocycles. The van der Waals surface area contributed by atoms with Crippen LogP contribution < -0.4 is 15.5 Å². The monoisotopic (exact) mass is 409 g/mol. The molecule has 0 aromatic heterocycles. The summed E-state index contributed by atoms with van der Waals surface area (Å²) in [5.41, 5.74) is 3.05. The summed E-state index contributed by atoms with van der Waals surface area (Å²) in [5, 5.41) is 16.9. The third-order valence-corrected chi connectivity index (χ3v) is 4.20. The molecule has 142 valence electrons. The van der Waals surface area contributed by atoms with Gasteiger partial charge in [0.1, 0.15) is 0 Å². The Kier molecular flexibility index (Phi) is 7.45. The molecular weight excluding hydrogens is 393 g/mol. The second-order valence-corrected chi connectivity index (χ2v) is 6.14. The number of rotatable bonds is 7. The molecule has 27 heavy (non-hydrogen) atoms. The third-order valence-electron chi connectivity index (χ3n) is 3.46. The Morgan fingerprint density at radius 1 is 1.22 bits per heavy atom. The van der Waals surface area contributed by atoms with Gasteiger partial charge < -0.3 is 15.2 Å². The Balaban J connectivity index is 1.79. The van der Waals surface area contributed by atoms with E-state index in [1.165, 1.54) is 31.5 Å². The van der Waals surface area contributed by atoms with Crippen molar-refractivity contribution in [3.05, 3.63) is 57.6 Å². The Hall–Kier alpha value is -2.77. The van der Waals surface area contributed by atoms with Crippen LogP contribution in [0.1, 0.15) is 22.3 Å². The van der Waals surface area contributed by atoms with E-state index in [2.05, 4.69) is 15.8 Å². The van der Waals surface area contributed by atoms with Crippen LogP contribution in [0.25, 0.3) is 0 Å². The van der Waals surface area contributed by atoms with Gasteiger partial charge in [0.15, 0.2) is 11.5 Å². The highest BCUT2D eigenvalue weighted by Gasteiger charge is 2.09. The summed E-state index contributed by atoms with van der Waals surface area (Å²) >= 11 is 11.7. The van der Waals surface area contributed by atoms with E-state index in [-0.39, 0.29) is 29.6 Å². The molecule has 0 aliphatic rings. The van der Waals surface area contributed by atoms with Gasteiger partial charge in [0.05, 0.1) is 23.4 Å². The van der Waals surface area contributed by atoms with Gasteiger partial charge in [-0.3, -0.25) is 9.59 Å². The molecule has 7 nitrogen and oxygen atoms in total. The molecule has 0 spiro atoms. The highest BCUT2D eigenvalue weighted by atomic mass is 35.5. The summed E-state index contributed by atoms with van der Waals surface area (Å²) in [7, 11) is 1.43. The lowest BCUT2D eigenvalue weighted by atomic mass is 10.2. The number of hydrogen-bond acceptors (Lipinski definition) is 5. The van der Waals surface area contributed by atoms with Crippen molar-refractivity contribution in [2.75, 3.05) is 13.7 Å². The lowest BCUT2D eigenvalue weighted by Crippen LogP contribution is -2.29.